The highest BCUT2D eigenvalue weighted by Crippen LogP contribution is 2.38. The molecule has 0 atom stereocenters. The standard InChI is InChI=1S/C22H21BrClNO4/c1-4-22(5-2,21(27)28-3)29-19-9-7-15(24)10-13(19)11-17-16-8-6-14(23)12-18(16)25-20(17)26/h6-12H,4-5H2,1-3H3,(H,25,26). The zero-order valence-electron chi connectivity index (χ0n) is 16.3. The predicted molar refractivity (Wildman–Crippen MR) is 118 cm³/mol. The Balaban J connectivity index is 2.08. The van der Waals surface area contributed by atoms with Gasteiger partial charge in [-0.05, 0) is 49.2 Å². The van der Waals surface area contributed by atoms with Crippen molar-refractivity contribution in [2.24, 2.45) is 0 Å². The summed E-state index contributed by atoms with van der Waals surface area (Å²) in [5.74, 6) is -0.201. The Kier molecular flexibility index (Phi) is 6.34. The first-order valence-corrected chi connectivity index (χ1v) is 10.4. The number of carbonyl (C=O) groups excluding carboxylic acids is 2. The molecule has 0 saturated heterocycles. The van der Waals surface area contributed by atoms with Crippen LogP contribution in [-0.2, 0) is 14.3 Å². The molecule has 1 N–H and O–H groups in total. The van der Waals surface area contributed by atoms with E-state index in [2.05, 4.69) is 21.2 Å². The first-order valence-electron chi connectivity index (χ1n) is 9.23. The van der Waals surface area contributed by atoms with Crippen LogP contribution in [0.2, 0.25) is 5.02 Å². The van der Waals surface area contributed by atoms with E-state index in [0.29, 0.717) is 34.8 Å². The minimum atomic E-state index is -1.11. The summed E-state index contributed by atoms with van der Waals surface area (Å²) < 4.78 is 12.0. The molecule has 5 nitrogen and oxygen atoms in total. The molecule has 29 heavy (non-hydrogen) atoms. The SMILES string of the molecule is CCC(CC)(Oc1ccc(Cl)cc1C=C1C(=O)Nc2cc(Br)ccc21)C(=O)OC. The lowest BCUT2D eigenvalue weighted by molar-refractivity contribution is -0.159. The number of amides is 1. The van der Waals surface area contributed by atoms with Gasteiger partial charge in [-0.2, -0.15) is 0 Å². The summed E-state index contributed by atoms with van der Waals surface area (Å²) in [7, 11) is 1.34. The number of rotatable bonds is 6. The summed E-state index contributed by atoms with van der Waals surface area (Å²) in [5, 5.41) is 3.35. The van der Waals surface area contributed by atoms with Crippen LogP contribution in [0.25, 0.3) is 11.6 Å². The van der Waals surface area contributed by atoms with E-state index in [-0.39, 0.29) is 5.91 Å². The van der Waals surface area contributed by atoms with Crippen molar-refractivity contribution >= 4 is 56.7 Å². The Bertz CT molecular complexity index is 998. The molecule has 1 aliphatic heterocycles. The van der Waals surface area contributed by atoms with Crippen LogP contribution in [0.5, 0.6) is 5.75 Å². The maximum absolute atomic E-state index is 12.6. The normalized spacial score (nSPS) is 14.5. The molecule has 0 spiro atoms. The summed E-state index contributed by atoms with van der Waals surface area (Å²) >= 11 is 9.62. The van der Waals surface area contributed by atoms with E-state index >= 15 is 0 Å². The summed E-state index contributed by atoms with van der Waals surface area (Å²) in [6, 6.07) is 10.7. The van der Waals surface area contributed by atoms with Crippen molar-refractivity contribution in [3.05, 3.63) is 57.0 Å². The molecule has 0 radical (unpaired) electrons. The number of hydrogen-bond acceptors (Lipinski definition) is 4. The molecule has 2 aromatic carbocycles. The summed E-state index contributed by atoms with van der Waals surface area (Å²) in [5.41, 5.74) is 1.50. The molecule has 1 heterocycles. The van der Waals surface area contributed by atoms with Gasteiger partial charge in [0.15, 0.2) is 0 Å². The number of methoxy groups -OCH3 is 1. The van der Waals surface area contributed by atoms with Gasteiger partial charge in [-0.1, -0.05) is 47.4 Å². The summed E-state index contributed by atoms with van der Waals surface area (Å²) in [6.45, 7) is 3.74. The highest BCUT2D eigenvalue weighted by molar-refractivity contribution is 9.10. The van der Waals surface area contributed by atoms with Crippen LogP contribution in [0.3, 0.4) is 0 Å². The predicted octanol–water partition coefficient (Wildman–Crippen LogP) is 5.71. The van der Waals surface area contributed by atoms with Gasteiger partial charge in [0.1, 0.15) is 5.75 Å². The topological polar surface area (TPSA) is 64.6 Å². The summed E-state index contributed by atoms with van der Waals surface area (Å²) in [6.07, 6.45) is 2.60. The van der Waals surface area contributed by atoms with Crippen LogP contribution in [0.4, 0.5) is 5.69 Å². The molecule has 0 unspecified atom stereocenters. The number of ether oxygens (including phenoxy) is 2. The van der Waals surface area contributed by atoms with E-state index < -0.39 is 11.6 Å². The van der Waals surface area contributed by atoms with Gasteiger partial charge in [-0.3, -0.25) is 4.79 Å². The van der Waals surface area contributed by atoms with E-state index in [1.54, 1.807) is 24.3 Å². The monoisotopic (exact) mass is 477 g/mol. The van der Waals surface area contributed by atoms with Gasteiger partial charge < -0.3 is 14.8 Å². The van der Waals surface area contributed by atoms with Crippen molar-refractivity contribution in [3.8, 4) is 5.75 Å². The third-order valence-electron chi connectivity index (χ3n) is 5.04. The number of halogens is 2. The van der Waals surface area contributed by atoms with Gasteiger partial charge in [0.05, 0.1) is 12.8 Å². The smallest absolute Gasteiger partial charge is 0.350 e. The lowest BCUT2D eigenvalue weighted by Gasteiger charge is -2.30. The molecule has 3 rings (SSSR count). The zero-order chi connectivity index (χ0) is 21.2. The number of nitrogens with one attached hydrogen (secondary N) is 1. The second kappa shape index (κ2) is 8.59. The van der Waals surface area contributed by atoms with Crippen molar-refractivity contribution in [2.75, 3.05) is 12.4 Å². The number of anilines is 1. The highest BCUT2D eigenvalue weighted by Gasteiger charge is 2.39. The van der Waals surface area contributed by atoms with E-state index in [1.165, 1.54) is 7.11 Å². The molecular formula is C22H21BrClNO4. The molecule has 0 saturated carbocycles. The van der Waals surface area contributed by atoms with Crippen molar-refractivity contribution in [1.82, 2.24) is 0 Å². The zero-order valence-corrected chi connectivity index (χ0v) is 18.7. The molecule has 0 bridgehead atoms. The summed E-state index contributed by atoms with van der Waals surface area (Å²) in [4.78, 5) is 25.0. The van der Waals surface area contributed by atoms with Crippen LogP contribution in [-0.4, -0.2) is 24.6 Å². The Hall–Kier alpha value is -2.31. The minimum Gasteiger partial charge on any atom is -0.475 e. The Morgan fingerprint density at radius 1 is 1.21 bits per heavy atom. The molecule has 1 aliphatic rings. The second-order valence-electron chi connectivity index (χ2n) is 6.68. The van der Waals surface area contributed by atoms with E-state index in [9.17, 15) is 9.59 Å². The largest absolute Gasteiger partial charge is 0.475 e. The van der Waals surface area contributed by atoms with Crippen LogP contribution in [0.1, 0.15) is 37.8 Å². The fourth-order valence-electron chi connectivity index (χ4n) is 3.31. The van der Waals surface area contributed by atoms with Crippen LogP contribution < -0.4 is 10.1 Å². The van der Waals surface area contributed by atoms with Gasteiger partial charge in [0.25, 0.3) is 5.91 Å². The maximum Gasteiger partial charge on any atom is 0.350 e. The Morgan fingerprint density at radius 2 is 1.93 bits per heavy atom. The molecule has 2 aromatic rings. The Labute approximate surface area is 183 Å². The number of benzene rings is 2. The molecule has 7 heteroatoms. The van der Waals surface area contributed by atoms with Crippen molar-refractivity contribution in [3.63, 3.8) is 0 Å². The third-order valence-corrected chi connectivity index (χ3v) is 5.77. The first kappa shape index (κ1) is 21.4. The average molecular weight is 479 g/mol. The fourth-order valence-corrected chi connectivity index (χ4v) is 3.85. The maximum atomic E-state index is 12.6. The molecule has 0 aliphatic carbocycles. The number of hydrogen-bond donors (Lipinski definition) is 1. The fraction of sp³-hybridized carbons (Fsp3) is 0.273. The lowest BCUT2D eigenvalue weighted by Crippen LogP contribution is -2.44. The molecule has 152 valence electrons. The van der Waals surface area contributed by atoms with E-state index in [1.807, 2.05) is 32.0 Å². The Morgan fingerprint density at radius 3 is 2.59 bits per heavy atom. The van der Waals surface area contributed by atoms with Crippen LogP contribution in [0, 0.1) is 0 Å². The van der Waals surface area contributed by atoms with Crippen molar-refractivity contribution in [1.29, 1.82) is 0 Å². The average Bonchev–Trinajstić information content (AvgIpc) is 3.01. The van der Waals surface area contributed by atoms with Crippen molar-refractivity contribution < 1.29 is 19.1 Å². The third kappa shape index (κ3) is 4.19. The van der Waals surface area contributed by atoms with Gasteiger partial charge in [-0.25, -0.2) is 4.79 Å². The molecule has 0 fully saturated rings. The minimum absolute atomic E-state index is 0.214. The molecule has 0 aromatic heterocycles. The number of fused-ring (bicyclic) bond motifs is 1. The van der Waals surface area contributed by atoms with Crippen LogP contribution in [0.15, 0.2) is 40.9 Å². The van der Waals surface area contributed by atoms with E-state index in [4.69, 9.17) is 21.1 Å². The molecule has 1 amide bonds. The number of carbonyl (C=O) groups is 2. The van der Waals surface area contributed by atoms with Gasteiger partial charge in [0, 0.05) is 26.2 Å². The number of esters is 1. The lowest BCUT2D eigenvalue weighted by atomic mass is 9.96. The molecular weight excluding hydrogens is 458 g/mol. The second-order valence-corrected chi connectivity index (χ2v) is 8.03. The van der Waals surface area contributed by atoms with E-state index in [0.717, 1.165) is 15.7 Å². The quantitative estimate of drug-likeness (QED) is 0.427. The van der Waals surface area contributed by atoms with Gasteiger partial charge in [0.2, 0.25) is 5.60 Å². The van der Waals surface area contributed by atoms with Crippen LogP contribution >= 0.6 is 27.5 Å². The van der Waals surface area contributed by atoms with Crippen molar-refractivity contribution in [2.45, 2.75) is 32.3 Å². The van der Waals surface area contributed by atoms with Gasteiger partial charge in [-0.15, -0.1) is 0 Å². The highest BCUT2D eigenvalue weighted by atomic mass is 79.9. The van der Waals surface area contributed by atoms with Gasteiger partial charge >= 0.3 is 5.97 Å². The first-order chi connectivity index (χ1) is 13.8.